The van der Waals surface area contributed by atoms with Gasteiger partial charge in [0.05, 0.1) is 6.26 Å². The first-order chi connectivity index (χ1) is 12.1. The Morgan fingerprint density at radius 2 is 2.00 bits per heavy atom. The molecule has 0 bridgehead atoms. The number of hydrogen-bond donors (Lipinski definition) is 1. The largest absolute Gasteiger partial charge is 0.463 e. The zero-order chi connectivity index (χ0) is 17.4. The number of fused-ring (bicyclic) bond motifs is 1. The number of nitrogens with one attached hydrogen (secondary N) is 1. The van der Waals surface area contributed by atoms with E-state index in [2.05, 4.69) is 10.1 Å². The molecule has 0 radical (unpaired) electrons. The topological polar surface area (TPSA) is 63.3 Å². The molecule has 5 nitrogen and oxygen atoms in total. The number of halogens is 2. The van der Waals surface area contributed by atoms with Gasteiger partial charge in [-0.25, -0.2) is 18.3 Å². The van der Waals surface area contributed by atoms with Gasteiger partial charge >= 0.3 is 0 Å². The van der Waals surface area contributed by atoms with Gasteiger partial charge in [0.2, 0.25) is 0 Å². The molecular formula is C18H13F2N3O2. The molecule has 0 saturated heterocycles. The second kappa shape index (κ2) is 6.01. The van der Waals surface area contributed by atoms with Crippen LogP contribution in [-0.2, 0) is 12.8 Å². The first kappa shape index (κ1) is 15.3. The molecule has 4 rings (SSSR count). The maximum absolute atomic E-state index is 13.7. The van der Waals surface area contributed by atoms with Crippen molar-refractivity contribution in [1.82, 2.24) is 14.6 Å². The summed E-state index contributed by atoms with van der Waals surface area (Å²) in [6.07, 6.45) is 2.12. The van der Waals surface area contributed by atoms with Crippen LogP contribution in [0.5, 0.6) is 0 Å². The number of furan rings is 1. The normalized spacial score (nSPS) is 11.3. The lowest BCUT2D eigenvalue weighted by Crippen LogP contribution is -2.16. The monoisotopic (exact) mass is 341 g/mol. The first-order valence-electron chi connectivity index (χ1n) is 7.70. The number of H-pyrrole nitrogens is 1. The highest BCUT2D eigenvalue weighted by Gasteiger charge is 2.11. The van der Waals surface area contributed by atoms with E-state index in [1.807, 2.05) is 0 Å². The van der Waals surface area contributed by atoms with Crippen molar-refractivity contribution in [3.8, 4) is 11.5 Å². The molecule has 126 valence electrons. The molecule has 0 saturated carbocycles. The van der Waals surface area contributed by atoms with Gasteiger partial charge in [-0.1, -0.05) is 12.1 Å². The minimum absolute atomic E-state index is 0.252. The van der Waals surface area contributed by atoms with Gasteiger partial charge < -0.3 is 4.42 Å². The fourth-order valence-corrected chi connectivity index (χ4v) is 2.73. The number of nitrogens with zero attached hydrogens (tertiary/aromatic N) is 2. The standard InChI is InChI=1S/C18H13F2N3O2/c19-13-4-1-3-11(18(13)20)6-7-12-9-17(24)23-16(21-12)10-14(22-23)15-5-2-8-25-15/h1-5,8-10,22H,6-7H2. The van der Waals surface area contributed by atoms with E-state index in [0.717, 1.165) is 6.07 Å². The molecule has 0 aliphatic rings. The molecule has 0 amide bonds. The van der Waals surface area contributed by atoms with E-state index in [1.165, 1.54) is 29.0 Å². The summed E-state index contributed by atoms with van der Waals surface area (Å²) in [7, 11) is 0. The highest BCUT2D eigenvalue weighted by atomic mass is 19.2. The van der Waals surface area contributed by atoms with Crippen molar-refractivity contribution in [2.45, 2.75) is 12.8 Å². The fraction of sp³-hybridized carbons (Fsp3) is 0.111. The molecule has 1 aromatic carbocycles. The van der Waals surface area contributed by atoms with Crippen LogP contribution in [0.2, 0.25) is 0 Å². The van der Waals surface area contributed by atoms with Crippen LogP contribution < -0.4 is 5.56 Å². The smallest absolute Gasteiger partial charge is 0.272 e. The van der Waals surface area contributed by atoms with Crippen molar-refractivity contribution in [2.75, 3.05) is 0 Å². The van der Waals surface area contributed by atoms with Crippen LogP contribution >= 0.6 is 0 Å². The Hall–Kier alpha value is -3.22. The molecule has 3 aromatic heterocycles. The Balaban J connectivity index is 1.64. The van der Waals surface area contributed by atoms with Crippen molar-refractivity contribution in [1.29, 1.82) is 0 Å². The van der Waals surface area contributed by atoms with E-state index >= 15 is 0 Å². The van der Waals surface area contributed by atoms with Crippen LogP contribution in [0.15, 0.2) is 57.9 Å². The van der Waals surface area contributed by atoms with E-state index in [1.54, 1.807) is 18.2 Å². The van der Waals surface area contributed by atoms with E-state index in [-0.39, 0.29) is 17.5 Å². The molecule has 7 heteroatoms. The zero-order valence-corrected chi connectivity index (χ0v) is 13.0. The van der Waals surface area contributed by atoms with Crippen molar-refractivity contribution in [2.24, 2.45) is 0 Å². The predicted octanol–water partition coefficient (Wildman–Crippen LogP) is 3.35. The number of aryl methyl sites for hydroxylation is 2. The molecule has 3 heterocycles. The lowest BCUT2D eigenvalue weighted by atomic mass is 10.1. The SMILES string of the molecule is O=c1cc(CCc2cccc(F)c2F)nc2cc(-c3ccco3)[nH]n12. The molecule has 25 heavy (non-hydrogen) atoms. The second-order valence-electron chi connectivity index (χ2n) is 5.64. The quantitative estimate of drug-likeness (QED) is 0.619. The maximum Gasteiger partial charge on any atom is 0.272 e. The average molecular weight is 341 g/mol. The Labute approximate surface area is 140 Å². The summed E-state index contributed by atoms with van der Waals surface area (Å²) in [5, 5.41) is 2.92. The molecular weight excluding hydrogens is 328 g/mol. The highest BCUT2D eigenvalue weighted by molar-refractivity contribution is 5.58. The van der Waals surface area contributed by atoms with E-state index < -0.39 is 11.6 Å². The van der Waals surface area contributed by atoms with E-state index in [9.17, 15) is 13.6 Å². The molecule has 0 atom stereocenters. The summed E-state index contributed by atoms with van der Waals surface area (Å²) in [5.74, 6) is -1.15. The lowest BCUT2D eigenvalue weighted by molar-refractivity contribution is 0.498. The third kappa shape index (κ3) is 2.84. The van der Waals surface area contributed by atoms with Gasteiger partial charge in [0.25, 0.3) is 5.56 Å². The van der Waals surface area contributed by atoms with E-state index in [0.29, 0.717) is 29.2 Å². The molecule has 1 N–H and O–H groups in total. The number of rotatable bonds is 4. The summed E-state index contributed by atoms with van der Waals surface area (Å²) in [4.78, 5) is 16.6. The summed E-state index contributed by atoms with van der Waals surface area (Å²) < 4.78 is 33.6. The Kier molecular flexibility index (Phi) is 3.68. The average Bonchev–Trinajstić information content (AvgIpc) is 3.25. The second-order valence-corrected chi connectivity index (χ2v) is 5.64. The van der Waals surface area contributed by atoms with Crippen LogP contribution in [0.1, 0.15) is 11.3 Å². The zero-order valence-electron chi connectivity index (χ0n) is 13.0. The molecule has 0 fully saturated rings. The van der Waals surface area contributed by atoms with Gasteiger partial charge in [0, 0.05) is 17.8 Å². The predicted molar refractivity (Wildman–Crippen MR) is 87.3 cm³/mol. The number of aromatic amines is 1. The summed E-state index contributed by atoms with van der Waals surface area (Å²) >= 11 is 0. The Morgan fingerprint density at radius 3 is 2.80 bits per heavy atom. The number of hydrogen-bond acceptors (Lipinski definition) is 3. The maximum atomic E-state index is 13.7. The minimum atomic E-state index is -0.880. The van der Waals surface area contributed by atoms with Gasteiger partial charge in [0.15, 0.2) is 23.0 Å². The van der Waals surface area contributed by atoms with Crippen molar-refractivity contribution >= 4 is 5.65 Å². The minimum Gasteiger partial charge on any atom is -0.463 e. The van der Waals surface area contributed by atoms with Crippen LogP contribution in [0.3, 0.4) is 0 Å². The van der Waals surface area contributed by atoms with Crippen molar-refractivity contribution < 1.29 is 13.2 Å². The molecule has 0 aliphatic carbocycles. The summed E-state index contributed by atoms with van der Waals surface area (Å²) in [6.45, 7) is 0. The molecule has 0 aliphatic heterocycles. The van der Waals surface area contributed by atoms with Crippen LogP contribution in [-0.4, -0.2) is 14.6 Å². The van der Waals surface area contributed by atoms with Crippen molar-refractivity contribution in [3.05, 3.63) is 82.0 Å². The van der Waals surface area contributed by atoms with Gasteiger partial charge in [-0.2, -0.15) is 0 Å². The van der Waals surface area contributed by atoms with Gasteiger partial charge in [-0.05, 0) is 36.6 Å². The third-order valence-electron chi connectivity index (χ3n) is 3.97. The summed E-state index contributed by atoms with van der Waals surface area (Å²) in [5.41, 5.74) is 1.56. The van der Waals surface area contributed by atoms with Gasteiger partial charge in [-0.3, -0.25) is 9.89 Å². The van der Waals surface area contributed by atoms with Crippen molar-refractivity contribution in [3.63, 3.8) is 0 Å². The van der Waals surface area contributed by atoms with Crippen LogP contribution in [0, 0.1) is 11.6 Å². The van der Waals surface area contributed by atoms with E-state index in [4.69, 9.17) is 4.42 Å². The first-order valence-corrected chi connectivity index (χ1v) is 7.70. The lowest BCUT2D eigenvalue weighted by Gasteiger charge is -2.04. The molecule has 0 unspecified atom stereocenters. The van der Waals surface area contributed by atoms with Gasteiger partial charge in [-0.15, -0.1) is 0 Å². The molecule has 0 spiro atoms. The highest BCUT2D eigenvalue weighted by Crippen LogP contribution is 2.19. The van der Waals surface area contributed by atoms with Crippen LogP contribution in [0.25, 0.3) is 17.1 Å². The number of aromatic nitrogens is 3. The fourth-order valence-electron chi connectivity index (χ4n) is 2.73. The summed E-state index contributed by atoms with van der Waals surface area (Å²) in [6, 6.07) is 10.7. The molecule has 4 aromatic rings. The Bertz CT molecular complexity index is 1100. The third-order valence-corrected chi connectivity index (χ3v) is 3.97. The van der Waals surface area contributed by atoms with Gasteiger partial charge in [0.1, 0.15) is 5.69 Å². The number of benzene rings is 1. The van der Waals surface area contributed by atoms with Crippen LogP contribution in [0.4, 0.5) is 8.78 Å². The Morgan fingerprint density at radius 1 is 1.12 bits per heavy atom.